The zero-order valence-electron chi connectivity index (χ0n) is 11.1. The lowest BCUT2D eigenvalue weighted by Gasteiger charge is -2.40. The summed E-state index contributed by atoms with van der Waals surface area (Å²) in [4.78, 5) is 3.83. The van der Waals surface area contributed by atoms with Crippen LogP contribution in [0.25, 0.3) is 0 Å². The normalized spacial score (nSPS) is 15.1. The molecule has 1 aromatic heterocycles. The molecule has 0 spiro atoms. The van der Waals surface area contributed by atoms with Gasteiger partial charge in [-0.1, -0.05) is 13.0 Å². The summed E-state index contributed by atoms with van der Waals surface area (Å²) < 4.78 is 5.19. The van der Waals surface area contributed by atoms with E-state index in [1.807, 2.05) is 0 Å². The Morgan fingerprint density at radius 1 is 1.53 bits per heavy atom. The molecule has 0 fully saturated rings. The van der Waals surface area contributed by atoms with E-state index < -0.39 is 0 Å². The number of hydrogen-bond acceptors (Lipinski definition) is 4. The Bertz CT molecular complexity index is 302. The molecule has 0 amide bonds. The summed E-state index contributed by atoms with van der Waals surface area (Å²) in [5.41, 5.74) is 5.98. The molecule has 0 aliphatic heterocycles. The van der Waals surface area contributed by atoms with E-state index in [0.717, 1.165) is 26.1 Å². The lowest BCUT2D eigenvalue weighted by atomic mass is 9.95. The predicted molar refractivity (Wildman–Crippen MR) is 74.4 cm³/mol. The summed E-state index contributed by atoms with van der Waals surface area (Å²) in [5.74, 6) is 0. The van der Waals surface area contributed by atoms with Gasteiger partial charge in [-0.3, -0.25) is 4.90 Å². The first kappa shape index (κ1) is 14.6. The molecule has 0 radical (unpaired) electrons. The van der Waals surface area contributed by atoms with Crippen LogP contribution in [0.4, 0.5) is 0 Å². The maximum absolute atomic E-state index is 5.96. The number of likely N-dealkylation sites (N-methyl/N-ethyl adjacent to an activating group) is 1. The fourth-order valence-corrected chi connectivity index (χ4v) is 2.71. The molecule has 98 valence electrons. The molecule has 0 bridgehead atoms. The molecule has 4 heteroatoms. The van der Waals surface area contributed by atoms with Gasteiger partial charge in [0.2, 0.25) is 0 Å². The molecule has 1 heterocycles. The van der Waals surface area contributed by atoms with Gasteiger partial charge in [0, 0.05) is 37.2 Å². The minimum absolute atomic E-state index is 0.0226. The largest absolute Gasteiger partial charge is 0.385 e. The molecular formula is C13H24N2OS. The highest BCUT2D eigenvalue weighted by molar-refractivity contribution is 7.09. The van der Waals surface area contributed by atoms with Gasteiger partial charge in [-0.2, -0.15) is 0 Å². The fourth-order valence-electron chi connectivity index (χ4n) is 1.99. The van der Waals surface area contributed by atoms with Crippen LogP contribution in [0.1, 0.15) is 25.1 Å². The fraction of sp³-hybridized carbons (Fsp3) is 0.692. The number of ether oxygens (including phenoxy) is 1. The minimum Gasteiger partial charge on any atom is -0.385 e. The molecule has 1 atom stereocenters. The molecule has 0 aliphatic rings. The number of rotatable bonds is 8. The van der Waals surface area contributed by atoms with Gasteiger partial charge in [-0.15, -0.1) is 11.3 Å². The molecule has 1 rings (SSSR count). The van der Waals surface area contributed by atoms with Crippen LogP contribution in [0.15, 0.2) is 17.5 Å². The second-order valence-electron chi connectivity index (χ2n) is 4.54. The van der Waals surface area contributed by atoms with Crippen LogP contribution in [0.3, 0.4) is 0 Å². The Balaban J connectivity index is 2.68. The number of nitrogens with two attached hydrogens (primary N) is 1. The summed E-state index contributed by atoms with van der Waals surface area (Å²) in [6, 6.07) is 4.28. The Morgan fingerprint density at radius 2 is 2.29 bits per heavy atom. The SMILES string of the molecule is CCN(Cc1cccs1)C(C)(CN)CCOC. The molecule has 3 nitrogen and oxygen atoms in total. The van der Waals surface area contributed by atoms with Crippen molar-refractivity contribution in [1.82, 2.24) is 4.90 Å². The second-order valence-corrected chi connectivity index (χ2v) is 5.57. The maximum Gasteiger partial charge on any atom is 0.0480 e. The van der Waals surface area contributed by atoms with Crippen molar-refractivity contribution in [1.29, 1.82) is 0 Å². The van der Waals surface area contributed by atoms with Crippen LogP contribution in [-0.4, -0.2) is 37.2 Å². The number of methoxy groups -OCH3 is 1. The first-order chi connectivity index (χ1) is 8.16. The standard InChI is InChI=1S/C13H24N2OS/c1-4-15(10-12-6-5-9-17-12)13(2,11-14)7-8-16-3/h5-6,9H,4,7-8,10-11,14H2,1-3H3. The van der Waals surface area contributed by atoms with E-state index in [9.17, 15) is 0 Å². The quantitative estimate of drug-likeness (QED) is 0.776. The van der Waals surface area contributed by atoms with E-state index in [2.05, 4.69) is 36.3 Å². The third kappa shape index (κ3) is 4.07. The molecular weight excluding hydrogens is 232 g/mol. The van der Waals surface area contributed by atoms with Gasteiger partial charge in [0.05, 0.1) is 0 Å². The summed E-state index contributed by atoms with van der Waals surface area (Å²) in [7, 11) is 1.74. The Hall–Kier alpha value is -0.420. The Labute approximate surface area is 109 Å². The van der Waals surface area contributed by atoms with Crippen molar-refractivity contribution in [3.05, 3.63) is 22.4 Å². The van der Waals surface area contributed by atoms with Gasteiger partial charge in [0.25, 0.3) is 0 Å². The first-order valence-electron chi connectivity index (χ1n) is 6.12. The number of nitrogens with zero attached hydrogens (tertiary/aromatic N) is 1. The van der Waals surface area contributed by atoms with Crippen LogP contribution in [0.5, 0.6) is 0 Å². The lowest BCUT2D eigenvalue weighted by Crippen LogP contribution is -2.51. The Kier molecular flexibility index (Phi) is 6.12. The number of hydrogen-bond donors (Lipinski definition) is 1. The Morgan fingerprint density at radius 3 is 2.76 bits per heavy atom. The lowest BCUT2D eigenvalue weighted by molar-refractivity contribution is 0.0673. The highest BCUT2D eigenvalue weighted by Gasteiger charge is 2.29. The van der Waals surface area contributed by atoms with Crippen LogP contribution >= 0.6 is 11.3 Å². The van der Waals surface area contributed by atoms with Crippen molar-refractivity contribution in [2.45, 2.75) is 32.4 Å². The van der Waals surface area contributed by atoms with Crippen molar-refractivity contribution < 1.29 is 4.74 Å². The molecule has 1 unspecified atom stereocenters. The summed E-state index contributed by atoms with van der Waals surface area (Å²) in [6.45, 7) is 7.82. The van der Waals surface area contributed by atoms with Gasteiger partial charge in [0.1, 0.15) is 0 Å². The van der Waals surface area contributed by atoms with E-state index in [-0.39, 0.29) is 5.54 Å². The van der Waals surface area contributed by atoms with Crippen LogP contribution < -0.4 is 5.73 Å². The summed E-state index contributed by atoms with van der Waals surface area (Å²) in [5, 5.41) is 2.12. The average molecular weight is 256 g/mol. The van der Waals surface area contributed by atoms with Gasteiger partial charge in [0.15, 0.2) is 0 Å². The highest BCUT2D eigenvalue weighted by Crippen LogP contribution is 2.22. The van der Waals surface area contributed by atoms with Crippen molar-refractivity contribution in [3.63, 3.8) is 0 Å². The van der Waals surface area contributed by atoms with Crippen molar-refractivity contribution in [2.75, 3.05) is 26.8 Å². The van der Waals surface area contributed by atoms with E-state index in [1.165, 1.54) is 4.88 Å². The third-order valence-corrected chi connectivity index (χ3v) is 4.22. The molecule has 1 aromatic rings. The smallest absolute Gasteiger partial charge is 0.0480 e. The minimum atomic E-state index is 0.0226. The van der Waals surface area contributed by atoms with E-state index in [0.29, 0.717) is 6.54 Å². The topological polar surface area (TPSA) is 38.5 Å². The maximum atomic E-state index is 5.96. The van der Waals surface area contributed by atoms with Gasteiger partial charge >= 0.3 is 0 Å². The van der Waals surface area contributed by atoms with E-state index >= 15 is 0 Å². The summed E-state index contributed by atoms with van der Waals surface area (Å²) >= 11 is 1.80. The van der Waals surface area contributed by atoms with Crippen LogP contribution in [-0.2, 0) is 11.3 Å². The number of thiophene rings is 1. The zero-order valence-corrected chi connectivity index (χ0v) is 11.9. The van der Waals surface area contributed by atoms with Gasteiger partial charge in [-0.25, -0.2) is 0 Å². The molecule has 0 aliphatic carbocycles. The zero-order chi connectivity index (χ0) is 12.7. The van der Waals surface area contributed by atoms with Crippen molar-refractivity contribution in [2.24, 2.45) is 5.73 Å². The second kappa shape index (κ2) is 7.11. The molecule has 0 saturated heterocycles. The third-order valence-electron chi connectivity index (χ3n) is 3.36. The van der Waals surface area contributed by atoms with Crippen molar-refractivity contribution >= 4 is 11.3 Å². The van der Waals surface area contributed by atoms with Gasteiger partial charge in [-0.05, 0) is 31.3 Å². The van der Waals surface area contributed by atoms with Gasteiger partial charge < -0.3 is 10.5 Å². The predicted octanol–water partition coefficient (Wildman–Crippen LogP) is 2.32. The highest BCUT2D eigenvalue weighted by atomic mass is 32.1. The summed E-state index contributed by atoms with van der Waals surface area (Å²) in [6.07, 6.45) is 0.971. The van der Waals surface area contributed by atoms with Crippen LogP contribution in [0.2, 0.25) is 0 Å². The molecule has 0 aromatic carbocycles. The molecule has 0 saturated carbocycles. The monoisotopic (exact) mass is 256 g/mol. The first-order valence-corrected chi connectivity index (χ1v) is 7.00. The molecule has 2 N–H and O–H groups in total. The molecule has 17 heavy (non-hydrogen) atoms. The average Bonchev–Trinajstić information content (AvgIpc) is 2.86. The van der Waals surface area contributed by atoms with E-state index in [4.69, 9.17) is 10.5 Å². The van der Waals surface area contributed by atoms with Crippen LogP contribution in [0, 0.1) is 0 Å². The van der Waals surface area contributed by atoms with E-state index in [1.54, 1.807) is 18.4 Å². The van der Waals surface area contributed by atoms with Crippen molar-refractivity contribution in [3.8, 4) is 0 Å².